The number of piperidine rings is 2. The second-order valence-electron chi connectivity index (χ2n) is 14.3. The van der Waals surface area contributed by atoms with Crippen LogP contribution in [0.1, 0.15) is 50.5 Å². The van der Waals surface area contributed by atoms with Gasteiger partial charge in [0.15, 0.2) is 6.29 Å². The molecule has 7 rings (SSSR count). The summed E-state index contributed by atoms with van der Waals surface area (Å²) in [5.41, 5.74) is 5.11. The summed E-state index contributed by atoms with van der Waals surface area (Å²) in [4.78, 5) is 39.4. The summed E-state index contributed by atoms with van der Waals surface area (Å²) in [7, 11) is -2.24. The van der Waals surface area contributed by atoms with Crippen LogP contribution in [0.25, 0.3) is 22.2 Å². The molecule has 3 aromatic rings. The molecule has 4 fully saturated rings. The Hall–Kier alpha value is -3.74. The van der Waals surface area contributed by atoms with Crippen LogP contribution in [-0.2, 0) is 35.7 Å². The molecule has 53 heavy (non-hydrogen) atoms. The van der Waals surface area contributed by atoms with Crippen LogP contribution in [0.3, 0.4) is 0 Å². The van der Waals surface area contributed by atoms with Gasteiger partial charge in [0, 0.05) is 61.8 Å². The van der Waals surface area contributed by atoms with Gasteiger partial charge in [-0.3, -0.25) is 14.4 Å². The number of pyridine rings is 1. The minimum Gasteiger partial charge on any atom is -0.480 e. The Morgan fingerprint density at radius 3 is 2.45 bits per heavy atom. The van der Waals surface area contributed by atoms with Gasteiger partial charge in [-0.25, -0.2) is 38.1 Å². The molecule has 0 saturated carbocycles. The first-order chi connectivity index (χ1) is 25.6. The molecule has 0 radical (unpaired) electrons. The molecule has 4 aliphatic heterocycles. The van der Waals surface area contributed by atoms with Crippen LogP contribution in [0.15, 0.2) is 24.4 Å². The number of likely N-dealkylation sites (tertiary alicyclic amines) is 2. The van der Waals surface area contributed by atoms with Crippen molar-refractivity contribution < 1.29 is 36.7 Å². The number of fused-ring (bicyclic) bond motifs is 1. The third-order valence-electron chi connectivity index (χ3n) is 10.5. The molecule has 17 heteroatoms. The number of hydrogen-bond acceptors (Lipinski definition) is 13. The molecule has 0 spiro atoms. The molecule has 15 nitrogen and oxygen atoms in total. The zero-order valence-electron chi connectivity index (χ0n) is 30.4. The lowest BCUT2D eigenvalue weighted by Gasteiger charge is -2.41. The van der Waals surface area contributed by atoms with Gasteiger partial charge in [0.1, 0.15) is 11.5 Å². The minimum absolute atomic E-state index is 0.0611. The fourth-order valence-electron chi connectivity index (χ4n) is 7.74. The third-order valence-corrected chi connectivity index (χ3v) is 11.1. The highest BCUT2D eigenvalue weighted by Gasteiger charge is 2.32. The molecule has 4 aliphatic rings. The van der Waals surface area contributed by atoms with E-state index in [1.165, 1.54) is 13.2 Å². The van der Waals surface area contributed by atoms with Gasteiger partial charge in [-0.15, -0.1) is 0 Å². The quantitative estimate of drug-likeness (QED) is 0.275. The van der Waals surface area contributed by atoms with Crippen LogP contribution in [0.5, 0.6) is 5.88 Å². The second-order valence-corrected chi connectivity index (χ2v) is 16.0. The average Bonchev–Trinajstić information content (AvgIpc) is 3.17. The summed E-state index contributed by atoms with van der Waals surface area (Å²) in [6.07, 6.45) is 8.63. The first-order valence-corrected chi connectivity index (χ1v) is 20.4. The highest BCUT2D eigenvalue weighted by molar-refractivity contribution is 7.92. The summed E-state index contributed by atoms with van der Waals surface area (Å²) in [6, 6.07) is 5.00. The first-order valence-electron chi connectivity index (χ1n) is 18.5. The number of nitrogens with one attached hydrogen (secondary N) is 2. The number of rotatable bonds is 11. The largest absolute Gasteiger partial charge is 0.480 e. The monoisotopic (exact) mass is 756 g/mol. The summed E-state index contributed by atoms with van der Waals surface area (Å²) in [5.74, 6) is 0.0503. The van der Waals surface area contributed by atoms with E-state index in [-0.39, 0.29) is 29.7 Å². The molecule has 1 unspecified atom stereocenters. The molecule has 2 N–H and O–H groups in total. The Bertz CT molecular complexity index is 1860. The van der Waals surface area contributed by atoms with Gasteiger partial charge in [-0.2, -0.15) is 0 Å². The van der Waals surface area contributed by atoms with Gasteiger partial charge in [0.2, 0.25) is 27.8 Å². The summed E-state index contributed by atoms with van der Waals surface area (Å²) < 4.78 is 58.7. The summed E-state index contributed by atoms with van der Waals surface area (Å²) in [5, 5.41) is 0.507. The number of anilines is 2. The van der Waals surface area contributed by atoms with Gasteiger partial charge in [0.05, 0.1) is 37.8 Å². The van der Waals surface area contributed by atoms with Gasteiger partial charge < -0.3 is 24.0 Å². The average molecular weight is 757 g/mol. The van der Waals surface area contributed by atoms with E-state index >= 15 is 4.39 Å². The topological polar surface area (TPSA) is 161 Å². The predicted molar refractivity (Wildman–Crippen MR) is 196 cm³/mol. The number of morpholine rings is 1. The van der Waals surface area contributed by atoms with E-state index in [1.807, 2.05) is 4.90 Å². The molecular weight excluding hydrogens is 708 g/mol. The van der Waals surface area contributed by atoms with Gasteiger partial charge in [0.25, 0.3) is 0 Å². The molecule has 6 heterocycles. The number of aromatic nitrogens is 3. The smallest absolute Gasteiger partial charge is 0.246 e. The number of sulfonamides is 1. The summed E-state index contributed by atoms with van der Waals surface area (Å²) in [6.45, 7) is 6.85. The predicted octanol–water partition coefficient (Wildman–Crippen LogP) is 3.30. The first kappa shape index (κ1) is 37.6. The van der Waals surface area contributed by atoms with Gasteiger partial charge in [-0.05, 0) is 88.5 Å². The number of ether oxygens (including phenoxy) is 3. The molecule has 1 aromatic carbocycles. The van der Waals surface area contributed by atoms with Crippen LogP contribution in [-0.4, -0.2) is 124 Å². The van der Waals surface area contributed by atoms with Crippen molar-refractivity contribution in [2.24, 2.45) is 5.92 Å². The number of nitrogens with zero attached hydrogens (tertiary/aromatic N) is 6. The van der Waals surface area contributed by atoms with Crippen LogP contribution in [0, 0.1) is 11.7 Å². The molecule has 4 saturated heterocycles. The molecule has 0 bridgehead atoms. The Labute approximate surface area is 309 Å². The van der Waals surface area contributed by atoms with Gasteiger partial charge >= 0.3 is 0 Å². The minimum atomic E-state index is -3.65. The molecule has 1 amide bonds. The number of amides is 1. The molecule has 1 atom stereocenters. The van der Waals surface area contributed by atoms with Crippen molar-refractivity contribution in [3.8, 4) is 17.1 Å². The molecule has 0 aliphatic carbocycles. The van der Waals surface area contributed by atoms with E-state index in [9.17, 15) is 13.2 Å². The standard InChI is InChI=1S/C36H49FN8O7S/c1-49-35-30(42-53(2,47)48)20-25(22-38-35)32-29-21-27(37)19-26(33(29)40-36(39-32)45-14-17-50-18-15-45)23-43-10-8-28(9-11-43)44-12-6-24(7-13-44)34(46)41-52-31-5-3-4-16-51-31/h19-22,24,28,31,42H,3-18,23H2,1-2H3,(H,41,46). The van der Waals surface area contributed by atoms with Crippen molar-refractivity contribution in [1.82, 2.24) is 30.2 Å². The van der Waals surface area contributed by atoms with Crippen LogP contribution < -0.4 is 19.8 Å². The maximum atomic E-state index is 15.5. The fraction of sp³-hybridized carbons (Fsp3) is 0.611. The van der Waals surface area contributed by atoms with E-state index < -0.39 is 15.8 Å². The van der Waals surface area contributed by atoms with Crippen molar-refractivity contribution in [2.45, 2.75) is 63.8 Å². The Kier molecular flexibility index (Phi) is 11.9. The second kappa shape index (κ2) is 16.7. The number of halogens is 1. The lowest BCUT2D eigenvalue weighted by atomic mass is 9.93. The number of methoxy groups -OCH3 is 1. The van der Waals surface area contributed by atoms with Crippen molar-refractivity contribution in [1.29, 1.82) is 0 Å². The lowest BCUT2D eigenvalue weighted by Crippen LogP contribution is -2.49. The third kappa shape index (κ3) is 9.32. The lowest BCUT2D eigenvalue weighted by molar-refractivity contribution is -0.202. The number of carbonyl (C=O) groups is 1. The maximum Gasteiger partial charge on any atom is 0.246 e. The van der Waals surface area contributed by atoms with E-state index in [2.05, 4.69) is 25.0 Å². The van der Waals surface area contributed by atoms with E-state index in [1.54, 1.807) is 18.3 Å². The maximum absolute atomic E-state index is 15.5. The van der Waals surface area contributed by atoms with E-state index in [0.717, 1.165) is 82.9 Å². The molecular formula is C36H49FN8O7S. The van der Waals surface area contributed by atoms with Crippen molar-refractivity contribution in [2.75, 3.05) is 82.1 Å². The highest BCUT2D eigenvalue weighted by atomic mass is 32.2. The Morgan fingerprint density at radius 1 is 0.981 bits per heavy atom. The van der Waals surface area contributed by atoms with Crippen molar-refractivity contribution in [3.05, 3.63) is 35.8 Å². The number of carbonyl (C=O) groups excluding carboxylic acids is 1. The van der Waals surface area contributed by atoms with Gasteiger partial charge in [-0.1, -0.05) is 0 Å². The van der Waals surface area contributed by atoms with E-state index in [0.29, 0.717) is 73.6 Å². The zero-order valence-corrected chi connectivity index (χ0v) is 31.2. The zero-order chi connectivity index (χ0) is 37.0. The Morgan fingerprint density at radius 2 is 1.75 bits per heavy atom. The molecule has 288 valence electrons. The Balaban J connectivity index is 1.06. The van der Waals surface area contributed by atoms with Crippen LogP contribution in [0.2, 0.25) is 0 Å². The van der Waals surface area contributed by atoms with E-state index in [4.69, 9.17) is 29.0 Å². The number of hydroxylamine groups is 1. The number of hydrogen-bond donors (Lipinski definition) is 2. The summed E-state index contributed by atoms with van der Waals surface area (Å²) >= 11 is 0. The fourth-order valence-corrected chi connectivity index (χ4v) is 8.28. The normalized spacial score (nSPS) is 21.5. The van der Waals surface area contributed by atoms with Crippen molar-refractivity contribution in [3.63, 3.8) is 0 Å². The van der Waals surface area contributed by atoms with Crippen LogP contribution in [0.4, 0.5) is 16.0 Å². The number of benzene rings is 1. The SMILES string of the molecule is COc1ncc(-c2nc(N3CCOCC3)nc3c(CN4CCC(N5CCC(C(=O)NOC6CCCCO6)CC5)CC4)cc(F)cc23)cc1NS(C)(=O)=O. The van der Waals surface area contributed by atoms with Crippen LogP contribution >= 0.6 is 0 Å². The van der Waals surface area contributed by atoms with Crippen molar-refractivity contribution >= 4 is 38.5 Å². The molecule has 2 aromatic heterocycles. The highest BCUT2D eigenvalue weighted by Crippen LogP contribution is 2.35.